The maximum Gasteiger partial charge on any atom is 0.244 e. The van der Waals surface area contributed by atoms with Crippen molar-refractivity contribution in [3.63, 3.8) is 0 Å². The molecule has 1 atom stereocenters. The largest absolute Gasteiger partial charge is 0.358 e. The highest BCUT2D eigenvalue weighted by Crippen LogP contribution is 2.20. The van der Waals surface area contributed by atoms with E-state index in [1.165, 1.54) is 0 Å². The average molecular weight is 298 g/mol. The normalized spacial score (nSPS) is 16.9. The Kier molecular flexibility index (Phi) is 3.99. The third kappa shape index (κ3) is 2.97. The number of likely N-dealkylation sites (tertiary alicyclic amines) is 1. The second-order valence-corrected chi connectivity index (χ2v) is 5.09. The molecule has 1 aromatic heterocycles. The Balaban J connectivity index is 1.99. The second-order valence-electron chi connectivity index (χ2n) is 4.23. The molecule has 1 saturated heterocycles. The molecule has 1 aromatic rings. The van der Waals surface area contributed by atoms with Gasteiger partial charge in [0.25, 0.3) is 0 Å². The summed E-state index contributed by atoms with van der Waals surface area (Å²) in [5.41, 5.74) is 0. The molecule has 92 valence electrons. The fraction of sp³-hybridized carbons (Fsp3) is 0.500. The summed E-state index contributed by atoms with van der Waals surface area (Å²) in [4.78, 5) is 18.2. The van der Waals surface area contributed by atoms with Crippen LogP contribution >= 0.6 is 15.9 Å². The predicted molar refractivity (Wildman–Crippen MR) is 70.8 cm³/mol. The van der Waals surface area contributed by atoms with Gasteiger partial charge in [0.1, 0.15) is 11.9 Å². The number of halogens is 1. The number of aromatic nitrogens is 1. The van der Waals surface area contributed by atoms with Crippen LogP contribution in [0.15, 0.2) is 22.8 Å². The predicted octanol–water partition coefficient (Wildman–Crippen LogP) is 2.27. The Bertz CT molecular complexity index is 404. The molecular weight excluding hydrogens is 282 g/mol. The van der Waals surface area contributed by atoms with E-state index < -0.39 is 0 Å². The lowest BCUT2D eigenvalue weighted by atomic mass is 10.3. The molecular formula is C12H16BrN3O. The minimum absolute atomic E-state index is 0.153. The minimum Gasteiger partial charge on any atom is -0.358 e. The van der Waals surface area contributed by atoms with Crippen LogP contribution in [0.3, 0.4) is 0 Å². The molecule has 1 unspecified atom stereocenters. The van der Waals surface area contributed by atoms with Crippen molar-refractivity contribution in [2.75, 3.05) is 18.4 Å². The smallest absolute Gasteiger partial charge is 0.244 e. The summed E-state index contributed by atoms with van der Waals surface area (Å²) in [5.74, 6) is 0.868. The quantitative estimate of drug-likeness (QED) is 0.931. The van der Waals surface area contributed by atoms with Gasteiger partial charge in [-0.25, -0.2) is 4.98 Å². The third-order valence-electron chi connectivity index (χ3n) is 2.90. The highest BCUT2D eigenvalue weighted by Gasteiger charge is 2.23. The van der Waals surface area contributed by atoms with Crippen molar-refractivity contribution in [2.45, 2.75) is 25.8 Å². The summed E-state index contributed by atoms with van der Waals surface area (Å²) in [7, 11) is 0. The third-order valence-corrected chi connectivity index (χ3v) is 3.54. The molecule has 1 amide bonds. The molecule has 4 nitrogen and oxygen atoms in total. The summed E-state index contributed by atoms with van der Waals surface area (Å²) in [6, 6.07) is 3.52. The molecule has 5 heteroatoms. The molecule has 1 fully saturated rings. The van der Waals surface area contributed by atoms with Crippen LogP contribution in [-0.2, 0) is 4.79 Å². The Morgan fingerprint density at radius 1 is 1.53 bits per heavy atom. The Labute approximate surface area is 110 Å². The average Bonchev–Trinajstić information content (AvgIpc) is 2.84. The van der Waals surface area contributed by atoms with Crippen molar-refractivity contribution in [2.24, 2.45) is 0 Å². The molecule has 0 radical (unpaired) electrons. The van der Waals surface area contributed by atoms with Gasteiger partial charge in [0.05, 0.1) is 4.47 Å². The zero-order valence-electron chi connectivity index (χ0n) is 9.82. The van der Waals surface area contributed by atoms with E-state index in [0.29, 0.717) is 5.82 Å². The summed E-state index contributed by atoms with van der Waals surface area (Å²) < 4.78 is 0.876. The van der Waals surface area contributed by atoms with E-state index in [1.54, 1.807) is 6.20 Å². The van der Waals surface area contributed by atoms with Crippen LogP contribution in [-0.4, -0.2) is 34.9 Å². The highest BCUT2D eigenvalue weighted by molar-refractivity contribution is 9.10. The van der Waals surface area contributed by atoms with Crippen LogP contribution in [0.1, 0.15) is 19.8 Å². The van der Waals surface area contributed by atoms with Crippen molar-refractivity contribution in [1.82, 2.24) is 9.88 Å². The van der Waals surface area contributed by atoms with Gasteiger partial charge in [0.15, 0.2) is 0 Å². The molecule has 1 aliphatic rings. The molecule has 0 bridgehead atoms. The van der Waals surface area contributed by atoms with Crippen molar-refractivity contribution in [3.05, 3.63) is 22.8 Å². The zero-order valence-corrected chi connectivity index (χ0v) is 11.4. The maximum absolute atomic E-state index is 12.1. The molecule has 2 heterocycles. The van der Waals surface area contributed by atoms with E-state index >= 15 is 0 Å². The van der Waals surface area contributed by atoms with Crippen molar-refractivity contribution >= 4 is 27.7 Å². The van der Waals surface area contributed by atoms with Crippen molar-refractivity contribution in [1.29, 1.82) is 0 Å². The molecule has 0 aliphatic carbocycles. The monoisotopic (exact) mass is 297 g/mol. The number of carbonyl (C=O) groups is 1. The summed E-state index contributed by atoms with van der Waals surface area (Å²) in [6.07, 6.45) is 3.94. The SMILES string of the molecule is CC(Nc1ncccc1Br)C(=O)N1CCCC1. The van der Waals surface area contributed by atoms with Gasteiger partial charge in [-0.1, -0.05) is 0 Å². The van der Waals surface area contributed by atoms with E-state index in [-0.39, 0.29) is 11.9 Å². The van der Waals surface area contributed by atoms with Gasteiger partial charge in [-0.05, 0) is 47.8 Å². The van der Waals surface area contributed by atoms with Gasteiger partial charge in [-0.2, -0.15) is 0 Å². The van der Waals surface area contributed by atoms with Crippen LogP contribution in [0, 0.1) is 0 Å². The van der Waals surface area contributed by atoms with Gasteiger partial charge in [0.2, 0.25) is 5.91 Å². The first kappa shape index (κ1) is 12.4. The fourth-order valence-corrected chi connectivity index (χ4v) is 2.34. The van der Waals surface area contributed by atoms with Crippen molar-refractivity contribution in [3.8, 4) is 0 Å². The second kappa shape index (κ2) is 5.49. The molecule has 1 aliphatic heterocycles. The first-order valence-corrected chi connectivity index (χ1v) is 6.63. The molecule has 17 heavy (non-hydrogen) atoms. The number of nitrogens with one attached hydrogen (secondary N) is 1. The van der Waals surface area contributed by atoms with Crippen LogP contribution in [0.25, 0.3) is 0 Å². The first-order valence-electron chi connectivity index (χ1n) is 5.84. The van der Waals surface area contributed by atoms with Gasteiger partial charge < -0.3 is 10.2 Å². The minimum atomic E-state index is -0.237. The van der Waals surface area contributed by atoms with Crippen molar-refractivity contribution < 1.29 is 4.79 Å². The summed E-state index contributed by atoms with van der Waals surface area (Å²) in [6.45, 7) is 3.64. The van der Waals surface area contributed by atoms with E-state index in [9.17, 15) is 4.79 Å². The lowest BCUT2D eigenvalue weighted by Gasteiger charge is -2.21. The topological polar surface area (TPSA) is 45.2 Å². The van der Waals surface area contributed by atoms with Crippen LogP contribution in [0.4, 0.5) is 5.82 Å². The summed E-state index contributed by atoms with van der Waals surface area (Å²) >= 11 is 3.41. The van der Waals surface area contributed by atoms with Gasteiger partial charge in [-0.3, -0.25) is 4.79 Å². The fourth-order valence-electron chi connectivity index (χ4n) is 1.97. The zero-order chi connectivity index (χ0) is 12.3. The van der Waals surface area contributed by atoms with Gasteiger partial charge in [0, 0.05) is 19.3 Å². The number of hydrogen-bond acceptors (Lipinski definition) is 3. The Morgan fingerprint density at radius 3 is 2.88 bits per heavy atom. The maximum atomic E-state index is 12.1. The van der Waals surface area contributed by atoms with Crippen LogP contribution in [0.5, 0.6) is 0 Å². The number of carbonyl (C=O) groups excluding carboxylic acids is 1. The van der Waals surface area contributed by atoms with Crippen LogP contribution in [0.2, 0.25) is 0 Å². The standard InChI is InChI=1S/C12H16BrN3O/c1-9(12(17)16-7-2-3-8-16)15-11-10(13)5-4-6-14-11/h4-6,9H,2-3,7-8H2,1H3,(H,14,15). The Morgan fingerprint density at radius 2 is 2.24 bits per heavy atom. The molecule has 1 N–H and O–H groups in total. The highest BCUT2D eigenvalue weighted by atomic mass is 79.9. The number of pyridine rings is 1. The number of amides is 1. The van der Waals surface area contributed by atoms with E-state index in [0.717, 1.165) is 30.4 Å². The van der Waals surface area contributed by atoms with Crippen LogP contribution < -0.4 is 5.32 Å². The lowest BCUT2D eigenvalue weighted by molar-refractivity contribution is -0.130. The molecule has 0 saturated carbocycles. The van der Waals surface area contributed by atoms with Gasteiger partial charge >= 0.3 is 0 Å². The number of nitrogens with zero attached hydrogens (tertiary/aromatic N) is 2. The molecule has 0 spiro atoms. The first-order chi connectivity index (χ1) is 8.18. The van der Waals surface area contributed by atoms with E-state index in [1.807, 2.05) is 24.0 Å². The Hall–Kier alpha value is -1.10. The number of rotatable bonds is 3. The van der Waals surface area contributed by atoms with E-state index in [2.05, 4.69) is 26.2 Å². The molecule has 0 aromatic carbocycles. The number of anilines is 1. The van der Waals surface area contributed by atoms with Gasteiger partial charge in [-0.15, -0.1) is 0 Å². The summed E-state index contributed by atoms with van der Waals surface area (Å²) in [5, 5.41) is 3.14. The molecule has 2 rings (SSSR count). The lowest BCUT2D eigenvalue weighted by Crippen LogP contribution is -2.39. The number of hydrogen-bond donors (Lipinski definition) is 1. The van der Waals surface area contributed by atoms with E-state index in [4.69, 9.17) is 0 Å².